The van der Waals surface area contributed by atoms with Gasteiger partial charge in [-0.2, -0.15) is 0 Å². The lowest BCUT2D eigenvalue weighted by atomic mass is 9.99. The quantitative estimate of drug-likeness (QED) is 0.572. The van der Waals surface area contributed by atoms with Gasteiger partial charge in [0, 0.05) is 0 Å². The van der Waals surface area contributed by atoms with Gasteiger partial charge in [-0.3, -0.25) is 20.4 Å². The van der Waals surface area contributed by atoms with E-state index in [0.717, 1.165) is 5.56 Å². The average Bonchev–Trinajstić information content (AvgIpc) is 2.50. The maximum absolute atomic E-state index is 12.0. The van der Waals surface area contributed by atoms with Gasteiger partial charge in [-0.15, -0.1) is 0 Å². The number of carbonyl (C=O) groups is 3. The van der Waals surface area contributed by atoms with E-state index in [2.05, 4.69) is 16.2 Å². The fourth-order valence-electron chi connectivity index (χ4n) is 1.89. The molecule has 0 saturated carbocycles. The first-order valence-corrected chi connectivity index (χ1v) is 7.12. The maximum atomic E-state index is 12.0. The molecule has 0 fully saturated rings. The standard InChI is InChI=1S/C15H22N4O3/c1-3-10(2)13(17-15(16)22)14(21)19-18-12(20)9-11-7-5-4-6-8-11/h4-8,10,13H,3,9H2,1-2H3,(H,18,20)(H,19,21)(H3,16,17,22). The number of benzene rings is 1. The van der Waals surface area contributed by atoms with Crippen molar-refractivity contribution < 1.29 is 14.4 Å². The molecule has 1 aromatic rings. The molecule has 0 aliphatic carbocycles. The van der Waals surface area contributed by atoms with Crippen LogP contribution in [0.15, 0.2) is 30.3 Å². The van der Waals surface area contributed by atoms with Crippen molar-refractivity contribution in [2.75, 3.05) is 0 Å². The van der Waals surface area contributed by atoms with Crippen LogP contribution in [0.1, 0.15) is 25.8 Å². The summed E-state index contributed by atoms with van der Waals surface area (Å²) < 4.78 is 0. The van der Waals surface area contributed by atoms with Crippen molar-refractivity contribution in [3.8, 4) is 0 Å². The van der Waals surface area contributed by atoms with Crippen molar-refractivity contribution in [2.24, 2.45) is 11.7 Å². The van der Waals surface area contributed by atoms with Crippen LogP contribution in [0.2, 0.25) is 0 Å². The molecule has 0 radical (unpaired) electrons. The molecule has 4 amide bonds. The smallest absolute Gasteiger partial charge is 0.312 e. The van der Waals surface area contributed by atoms with E-state index >= 15 is 0 Å². The lowest BCUT2D eigenvalue weighted by Crippen LogP contribution is -2.55. The average molecular weight is 306 g/mol. The van der Waals surface area contributed by atoms with Crippen LogP contribution in [-0.4, -0.2) is 23.9 Å². The molecule has 0 saturated heterocycles. The second kappa shape index (κ2) is 8.66. The van der Waals surface area contributed by atoms with E-state index in [0.29, 0.717) is 6.42 Å². The van der Waals surface area contributed by atoms with E-state index in [4.69, 9.17) is 5.73 Å². The third-order valence-corrected chi connectivity index (χ3v) is 3.33. The van der Waals surface area contributed by atoms with Gasteiger partial charge in [0.1, 0.15) is 6.04 Å². The molecule has 0 bridgehead atoms. The Hall–Kier alpha value is -2.57. The number of carbonyl (C=O) groups excluding carboxylic acids is 3. The zero-order chi connectivity index (χ0) is 16.5. The Labute approximate surface area is 129 Å². The Morgan fingerprint density at radius 3 is 2.32 bits per heavy atom. The first kappa shape index (κ1) is 17.5. The summed E-state index contributed by atoms with van der Waals surface area (Å²) in [7, 11) is 0. The summed E-state index contributed by atoms with van der Waals surface area (Å²) in [4.78, 5) is 34.8. The number of nitrogens with two attached hydrogens (primary N) is 1. The lowest BCUT2D eigenvalue weighted by molar-refractivity contribution is -0.130. The summed E-state index contributed by atoms with van der Waals surface area (Å²) in [6.07, 6.45) is 0.828. The Morgan fingerprint density at radius 1 is 1.14 bits per heavy atom. The first-order valence-electron chi connectivity index (χ1n) is 7.12. The third kappa shape index (κ3) is 5.82. The summed E-state index contributed by atoms with van der Waals surface area (Å²) >= 11 is 0. The Balaban J connectivity index is 2.51. The second-order valence-corrected chi connectivity index (χ2v) is 5.07. The third-order valence-electron chi connectivity index (χ3n) is 3.33. The second-order valence-electron chi connectivity index (χ2n) is 5.07. The molecule has 5 N–H and O–H groups in total. The van der Waals surface area contributed by atoms with Gasteiger partial charge in [0.15, 0.2) is 0 Å². The summed E-state index contributed by atoms with van der Waals surface area (Å²) in [6.45, 7) is 3.70. The maximum Gasteiger partial charge on any atom is 0.312 e. The normalized spacial score (nSPS) is 12.8. The van der Waals surface area contributed by atoms with Crippen LogP contribution in [0.3, 0.4) is 0 Å². The molecular weight excluding hydrogens is 284 g/mol. The molecule has 120 valence electrons. The van der Waals surface area contributed by atoms with Crippen LogP contribution in [0, 0.1) is 5.92 Å². The van der Waals surface area contributed by atoms with Gasteiger partial charge in [0.25, 0.3) is 5.91 Å². The molecule has 0 aromatic heterocycles. The van der Waals surface area contributed by atoms with Gasteiger partial charge >= 0.3 is 6.03 Å². The predicted octanol–water partition coefficient (Wildman–Crippen LogP) is 0.460. The lowest BCUT2D eigenvalue weighted by Gasteiger charge is -2.22. The van der Waals surface area contributed by atoms with Crippen molar-refractivity contribution in [3.05, 3.63) is 35.9 Å². The minimum absolute atomic E-state index is 0.112. The van der Waals surface area contributed by atoms with Crippen molar-refractivity contribution in [3.63, 3.8) is 0 Å². The monoisotopic (exact) mass is 306 g/mol. The number of rotatable bonds is 6. The largest absolute Gasteiger partial charge is 0.352 e. The number of hydrogen-bond donors (Lipinski definition) is 4. The fraction of sp³-hybridized carbons (Fsp3) is 0.400. The van der Waals surface area contributed by atoms with Crippen molar-refractivity contribution >= 4 is 17.8 Å². The van der Waals surface area contributed by atoms with Crippen LogP contribution >= 0.6 is 0 Å². The van der Waals surface area contributed by atoms with E-state index in [1.54, 1.807) is 0 Å². The molecule has 0 aliphatic heterocycles. The molecule has 0 aliphatic rings. The Bertz CT molecular complexity index is 519. The number of hydrogen-bond acceptors (Lipinski definition) is 3. The zero-order valence-corrected chi connectivity index (χ0v) is 12.8. The number of hydrazine groups is 1. The zero-order valence-electron chi connectivity index (χ0n) is 12.8. The molecule has 1 aromatic carbocycles. The van der Waals surface area contributed by atoms with Crippen molar-refractivity contribution in [1.29, 1.82) is 0 Å². The molecule has 0 spiro atoms. The topological polar surface area (TPSA) is 113 Å². The highest BCUT2D eigenvalue weighted by Gasteiger charge is 2.25. The van der Waals surface area contributed by atoms with Crippen molar-refractivity contribution in [1.82, 2.24) is 16.2 Å². The summed E-state index contributed by atoms with van der Waals surface area (Å²) in [5.41, 5.74) is 10.5. The molecule has 0 heterocycles. The number of urea groups is 1. The van der Waals surface area contributed by atoms with Gasteiger partial charge in [0.05, 0.1) is 6.42 Å². The van der Waals surface area contributed by atoms with Crippen LogP contribution in [0.25, 0.3) is 0 Å². The summed E-state index contributed by atoms with van der Waals surface area (Å²) in [6, 6.07) is 7.58. The summed E-state index contributed by atoms with van der Waals surface area (Å²) in [5, 5.41) is 2.38. The van der Waals surface area contributed by atoms with Gasteiger partial charge < -0.3 is 11.1 Å². The Kier molecular flexibility index (Phi) is 6.88. The minimum Gasteiger partial charge on any atom is -0.352 e. The van der Waals surface area contributed by atoms with Crippen molar-refractivity contribution in [2.45, 2.75) is 32.7 Å². The Morgan fingerprint density at radius 2 is 1.77 bits per heavy atom. The van der Waals surface area contributed by atoms with Crippen LogP contribution in [0.4, 0.5) is 4.79 Å². The van der Waals surface area contributed by atoms with E-state index in [1.807, 2.05) is 44.2 Å². The van der Waals surface area contributed by atoms with E-state index in [-0.39, 0.29) is 18.2 Å². The summed E-state index contributed by atoms with van der Waals surface area (Å²) in [5.74, 6) is -0.963. The SMILES string of the molecule is CCC(C)C(NC(N)=O)C(=O)NNC(=O)Cc1ccccc1. The predicted molar refractivity (Wildman–Crippen MR) is 82.4 cm³/mol. The minimum atomic E-state index is -0.792. The van der Waals surface area contributed by atoms with E-state index in [9.17, 15) is 14.4 Å². The van der Waals surface area contributed by atoms with Crippen LogP contribution in [-0.2, 0) is 16.0 Å². The molecule has 7 heteroatoms. The first-order chi connectivity index (χ1) is 10.4. The van der Waals surface area contributed by atoms with E-state index in [1.165, 1.54) is 0 Å². The highest BCUT2D eigenvalue weighted by atomic mass is 16.2. The molecular formula is C15H22N4O3. The fourth-order valence-corrected chi connectivity index (χ4v) is 1.89. The molecule has 2 atom stereocenters. The van der Waals surface area contributed by atoms with Gasteiger partial charge in [0.2, 0.25) is 5.91 Å². The van der Waals surface area contributed by atoms with Gasteiger partial charge in [-0.1, -0.05) is 50.6 Å². The van der Waals surface area contributed by atoms with Crippen LogP contribution in [0.5, 0.6) is 0 Å². The highest BCUT2D eigenvalue weighted by Crippen LogP contribution is 2.07. The van der Waals surface area contributed by atoms with Gasteiger partial charge in [-0.05, 0) is 11.5 Å². The number of amides is 4. The number of nitrogens with one attached hydrogen (secondary N) is 3. The van der Waals surface area contributed by atoms with E-state index < -0.39 is 18.0 Å². The molecule has 7 nitrogen and oxygen atoms in total. The number of primary amides is 1. The molecule has 1 rings (SSSR count). The van der Waals surface area contributed by atoms with Gasteiger partial charge in [-0.25, -0.2) is 4.79 Å². The van der Waals surface area contributed by atoms with Crippen LogP contribution < -0.4 is 21.9 Å². The highest BCUT2D eigenvalue weighted by molar-refractivity contribution is 5.89. The molecule has 2 unspecified atom stereocenters. The molecule has 22 heavy (non-hydrogen) atoms.